The van der Waals surface area contributed by atoms with Crippen LogP contribution in [0.5, 0.6) is 28.7 Å². The van der Waals surface area contributed by atoms with Crippen molar-refractivity contribution < 1.29 is 129 Å². The third kappa shape index (κ3) is 11.1. The van der Waals surface area contributed by atoms with Gasteiger partial charge in [0.25, 0.3) is 0 Å². The molecule has 396 valence electrons. The Bertz CT molecular complexity index is 2330. The summed E-state index contributed by atoms with van der Waals surface area (Å²) in [6.07, 6.45) is -32.5. The molecule has 4 fully saturated rings. The Morgan fingerprint density at radius 1 is 0.542 bits per heavy atom. The molecule has 0 saturated carbocycles. The summed E-state index contributed by atoms with van der Waals surface area (Å²) in [4.78, 5) is 13.0. The van der Waals surface area contributed by atoms with Crippen molar-refractivity contribution in [3.63, 3.8) is 0 Å². The van der Waals surface area contributed by atoms with Gasteiger partial charge in [-0.1, -0.05) is 12.1 Å². The van der Waals surface area contributed by atoms with Gasteiger partial charge in [-0.3, -0.25) is 0 Å². The van der Waals surface area contributed by atoms with E-state index < -0.39 is 160 Å². The van der Waals surface area contributed by atoms with Crippen LogP contribution in [-0.2, 0) is 33.2 Å². The van der Waals surface area contributed by atoms with Gasteiger partial charge in [0.1, 0.15) is 133 Å². The van der Waals surface area contributed by atoms with Crippen LogP contribution in [0.1, 0.15) is 34.5 Å². The summed E-state index contributed by atoms with van der Waals surface area (Å²) in [6, 6.07) is 13.1. The van der Waals surface area contributed by atoms with Gasteiger partial charge in [-0.15, -0.1) is 0 Å². The molecule has 1 unspecified atom stereocenters. The number of phenolic OH excluding ortho intramolecular Hbond substituents is 2. The average Bonchev–Trinajstić information content (AvgIpc) is 3.37. The number of ether oxygens (including phenoxy) is 10. The molecule has 4 saturated heterocycles. The SMILES string of the molecule is C[C@@H]1O[C@@H](OC[C@@H]2O[C@@H](OC3=Cc4c(O)cc(O[C@@H]5O[C@H](COC(=O)c6ccc(O[C@@H]7O[C@H](CO)[C@@H](O)[C@H](O)[C@H]7O)cc6)[C@@H](O)[C@H](O)[C@H]5O)cc4OC3c3ccc(O)cc3)[C@H](O)[C@@H](O)[C@@H]2O)[C@@H](O)[C@H](O)[C@H]1O. The van der Waals surface area contributed by atoms with Gasteiger partial charge < -0.3 is 124 Å². The van der Waals surface area contributed by atoms with Crippen LogP contribution in [0.3, 0.4) is 0 Å². The Labute approximate surface area is 407 Å². The maximum Gasteiger partial charge on any atom is 0.338 e. The Balaban J connectivity index is 0.940. The van der Waals surface area contributed by atoms with Crippen molar-refractivity contribution in [3.8, 4) is 28.7 Å². The van der Waals surface area contributed by atoms with Crippen molar-refractivity contribution in [1.29, 1.82) is 0 Å². The number of esters is 1. The highest BCUT2D eigenvalue weighted by Crippen LogP contribution is 2.45. The molecule has 26 nitrogen and oxygen atoms in total. The lowest BCUT2D eigenvalue weighted by Crippen LogP contribution is -2.61. The quantitative estimate of drug-likeness (QED) is 0.0676. The van der Waals surface area contributed by atoms with E-state index >= 15 is 0 Å². The monoisotopic (exact) mass is 1020 g/mol. The van der Waals surface area contributed by atoms with Gasteiger partial charge in [0.15, 0.2) is 12.4 Å². The Hall–Kier alpha value is -5.05. The molecule has 26 heteroatoms. The first-order chi connectivity index (χ1) is 34.2. The second kappa shape index (κ2) is 22.2. The van der Waals surface area contributed by atoms with Crippen LogP contribution in [0.4, 0.5) is 0 Å². The molecule has 5 heterocycles. The fourth-order valence-electron chi connectivity index (χ4n) is 8.40. The van der Waals surface area contributed by atoms with E-state index in [1.807, 2.05) is 0 Å². The van der Waals surface area contributed by atoms with E-state index in [2.05, 4.69) is 0 Å². The van der Waals surface area contributed by atoms with E-state index in [1.165, 1.54) is 67.6 Å². The van der Waals surface area contributed by atoms with Crippen LogP contribution in [0.15, 0.2) is 66.4 Å². The number of aromatic hydroxyl groups is 2. The number of rotatable bonds is 14. The van der Waals surface area contributed by atoms with Crippen molar-refractivity contribution in [2.75, 3.05) is 19.8 Å². The van der Waals surface area contributed by atoms with Crippen molar-refractivity contribution in [2.24, 2.45) is 0 Å². The second-order valence-corrected chi connectivity index (χ2v) is 17.7. The molecule has 72 heavy (non-hydrogen) atoms. The second-order valence-electron chi connectivity index (χ2n) is 17.7. The average molecular weight is 1020 g/mol. The van der Waals surface area contributed by atoms with Crippen LogP contribution in [0, 0.1) is 0 Å². The third-order valence-electron chi connectivity index (χ3n) is 12.7. The summed E-state index contributed by atoms with van der Waals surface area (Å²) in [5, 5.41) is 157. The zero-order valence-corrected chi connectivity index (χ0v) is 37.8. The molecule has 21 atom stereocenters. The lowest BCUT2D eigenvalue weighted by molar-refractivity contribution is -0.324. The minimum atomic E-state index is -1.91. The van der Waals surface area contributed by atoms with E-state index in [-0.39, 0.29) is 39.9 Å². The highest BCUT2D eigenvalue weighted by molar-refractivity contribution is 5.89. The van der Waals surface area contributed by atoms with Crippen LogP contribution in [-0.4, -0.2) is 225 Å². The maximum absolute atomic E-state index is 13.0. The molecule has 5 aliphatic heterocycles. The zero-order valence-electron chi connectivity index (χ0n) is 37.8. The number of carbonyl (C=O) groups is 1. The number of aliphatic hydroxyl groups excluding tert-OH is 13. The van der Waals surface area contributed by atoms with Gasteiger partial charge in [0.2, 0.25) is 18.9 Å². The Morgan fingerprint density at radius 2 is 1.06 bits per heavy atom. The number of benzene rings is 3. The third-order valence-corrected chi connectivity index (χ3v) is 12.7. The van der Waals surface area contributed by atoms with Crippen molar-refractivity contribution in [3.05, 3.63) is 83.1 Å². The lowest BCUT2D eigenvalue weighted by atomic mass is 9.98. The molecule has 8 rings (SSSR count). The molecule has 5 aliphatic rings. The number of hydrogen-bond acceptors (Lipinski definition) is 26. The van der Waals surface area contributed by atoms with E-state index in [0.717, 1.165) is 6.07 Å². The summed E-state index contributed by atoms with van der Waals surface area (Å²) in [5.74, 6) is -1.94. The van der Waals surface area contributed by atoms with Crippen LogP contribution >= 0.6 is 0 Å². The lowest BCUT2D eigenvalue weighted by Gasteiger charge is -2.43. The smallest absolute Gasteiger partial charge is 0.338 e. The van der Waals surface area contributed by atoms with Crippen molar-refractivity contribution in [2.45, 2.75) is 136 Å². The van der Waals surface area contributed by atoms with Gasteiger partial charge >= 0.3 is 5.97 Å². The van der Waals surface area contributed by atoms with Gasteiger partial charge in [0, 0.05) is 17.7 Å². The van der Waals surface area contributed by atoms with Gasteiger partial charge in [-0.2, -0.15) is 0 Å². The minimum absolute atomic E-state index is 0.0321. The van der Waals surface area contributed by atoms with Gasteiger partial charge in [-0.25, -0.2) is 4.79 Å². The standard InChI is InChI=1S/C46H56O26/c1-16-29(50)33(54)37(58)43(65-16)64-15-28-32(53)36(57)40(61)46(72-28)69-25-12-22-23(49)10-21(11-24(22)68-41(25)17-2-6-19(48)7-3-17)67-45-39(60)35(56)31(52)27(71-45)14-63-42(62)18-4-8-20(9-5-18)66-44-38(59)34(55)30(51)26(13-47)70-44/h2-12,16,26-41,43-61H,13-15H2,1H3/t16-,26+,27+,28-,29-,30+,31+,32+,33+,34-,35-,36-,37-,38+,39+,40+,41?,43+,44+,45+,46+/m0/s1. The molecule has 0 bridgehead atoms. The molecule has 3 aromatic carbocycles. The van der Waals surface area contributed by atoms with E-state index in [1.54, 1.807) is 0 Å². The molecule has 0 aliphatic carbocycles. The molecule has 0 spiro atoms. The van der Waals surface area contributed by atoms with Crippen molar-refractivity contribution in [1.82, 2.24) is 0 Å². The number of carbonyl (C=O) groups excluding carboxylic acids is 1. The number of fused-ring (bicyclic) bond motifs is 1. The van der Waals surface area contributed by atoms with Gasteiger partial charge in [-0.05, 0) is 49.4 Å². The summed E-state index contributed by atoms with van der Waals surface area (Å²) < 4.78 is 56.9. The first-order valence-corrected chi connectivity index (χ1v) is 22.6. The summed E-state index contributed by atoms with van der Waals surface area (Å²) in [7, 11) is 0. The van der Waals surface area contributed by atoms with E-state index in [9.17, 15) is 81.4 Å². The molecule has 0 radical (unpaired) electrons. The molecule has 0 aromatic heterocycles. The number of hydrogen-bond donors (Lipinski definition) is 15. The Morgan fingerprint density at radius 3 is 1.65 bits per heavy atom. The first kappa shape index (κ1) is 53.2. The highest BCUT2D eigenvalue weighted by Gasteiger charge is 2.50. The van der Waals surface area contributed by atoms with Crippen molar-refractivity contribution >= 4 is 12.0 Å². The zero-order chi connectivity index (χ0) is 51.9. The summed E-state index contributed by atoms with van der Waals surface area (Å²) in [5.41, 5.74) is 0.264. The van der Waals surface area contributed by atoms with E-state index in [4.69, 9.17) is 47.4 Å². The predicted octanol–water partition coefficient (Wildman–Crippen LogP) is -4.54. The number of phenols is 2. The first-order valence-electron chi connectivity index (χ1n) is 22.6. The van der Waals surface area contributed by atoms with Gasteiger partial charge in [0.05, 0.1) is 30.4 Å². The predicted molar refractivity (Wildman–Crippen MR) is 232 cm³/mol. The largest absolute Gasteiger partial charge is 0.508 e. The molecule has 15 N–H and O–H groups in total. The number of aliphatic hydroxyl groups is 13. The van der Waals surface area contributed by atoms with Crippen LogP contribution in [0.25, 0.3) is 6.08 Å². The minimum Gasteiger partial charge on any atom is -0.508 e. The fourth-order valence-corrected chi connectivity index (χ4v) is 8.40. The summed E-state index contributed by atoms with van der Waals surface area (Å²) >= 11 is 0. The maximum atomic E-state index is 13.0. The topological polar surface area (TPSA) is 413 Å². The normalized spacial score (nSPS) is 38.9. The van der Waals surface area contributed by atoms with Crippen LogP contribution < -0.4 is 14.2 Å². The highest BCUT2D eigenvalue weighted by atomic mass is 16.7. The fraction of sp³-hybridized carbons (Fsp3) is 0.543. The van der Waals surface area contributed by atoms with Crippen LogP contribution in [0.2, 0.25) is 0 Å². The molecule has 0 amide bonds. The molecule has 3 aromatic rings. The van der Waals surface area contributed by atoms with E-state index in [0.29, 0.717) is 5.56 Å². The Kier molecular flexibility index (Phi) is 16.4. The summed E-state index contributed by atoms with van der Waals surface area (Å²) in [6.45, 7) is -0.509. The molecular weight excluding hydrogens is 968 g/mol. The molecular formula is C46H56O26.